The maximum Gasteiger partial charge on any atom is 0.350 e. The molecule has 1 N–H and O–H groups in total. The second-order valence-electron chi connectivity index (χ2n) is 5.70. The Hall–Kier alpha value is -2.67. The van der Waals surface area contributed by atoms with Crippen molar-refractivity contribution in [3.05, 3.63) is 41.6 Å². The number of carbonyl (C=O) groups excluding carboxylic acids is 3. The van der Waals surface area contributed by atoms with E-state index < -0.39 is 23.8 Å². The number of benzene rings is 1. The maximum absolute atomic E-state index is 12.0. The van der Waals surface area contributed by atoms with Crippen molar-refractivity contribution in [2.45, 2.75) is 32.7 Å². The minimum absolute atomic E-state index is 0.135. The van der Waals surface area contributed by atoms with E-state index in [4.69, 9.17) is 14.2 Å². The predicted octanol–water partition coefficient (Wildman–Crippen LogP) is 2.04. The lowest BCUT2D eigenvalue weighted by molar-refractivity contribution is -0.222. The Labute approximate surface area is 139 Å². The average molecular weight is 333 g/mol. The average Bonchev–Trinajstić information content (AvgIpc) is 2.52. The number of nitrogens with one attached hydrogen (secondary N) is 1. The molecule has 128 valence electrons. The maximum atomic E-state index is 12.0. The first kappa shape index (κ1) is 17.7. The van der Waals surface area contributed by atoms with Crippen LogP contribution in [0.25, 0.3) is 0 Å². The van der Waals surface area contributed by atoms with Crippen LogP contribution in [0.5, 0.6) is 0 Å². The third kappa shape index (κ3) is 3.99. The van der Waals surface area contributed by atoms with Gasteiger partial charge in [-0.1, -0.05) is 0 Å². The summed E-state index contributed by atoms with van der Waals surface area (Å²) in [7, 11) is 1.47. The summed E-state index contributed by atoms with van der Waals surface area (Å²) in [5, 5.41) is 2.81. The number of rotatable bonds is 5. The predicted molar refractivity (Wildman–Crippen MR) is 85.2 cm³/mol. The van der Waals surface area contributed by atoms with Crippen LogP contribution < -0.4 is 5.32 Å². The van der Waals surface area contributed by atoms with Gasteiger partial charge in [-0.25, -0.2) is 9.59 Å². The summed E-state index contributed by atoms with van der Waals surface area (Å²) in [6.07, 6.45) is 0.690. The zero-order valence-corrected chi connectivity index (χ0v) is 13.9. The first-order valence-electron chi connectivity index (χ1n) is 7.34. The third-order valence-corrected chi connectivity index (χ3v) is 3.39. The molecule has 1 atom stereocenters. The number of ether oxygens (including phenoxy) is 3. The van der Waals surface area contributed by atoms with Crippen molar-refractivity contribution < 1.29 is 28.6 Å². The summed E-state index contributed by atoms with van der Waals surface area (Å²) in [5.41, 5.74) is 0.859. The number of esters is 2. The van der Waals surface area contributed by atoms with E-state index in [-0.39, 0.29) is 11.4 Å². The molecule has 7 heteroatoms. The Morgan fingerprint density at radius 3 is 2.21 bits per heavy atom. The van der Waals surface area contributed by atoms with Crippen molar-refractivity contribution in [1.29, 1.82) is 0 Å². The van der Waals surface area contributed by atoms with Gasteiger partial charge in [0.05, 0.1) is 0 Å². The Balaban J connectivity index is 2.08. The molecule has 2 rings (SSSR count). The van der Waals surface area contributed by atoms with Gasteiger partial charge in [0.15, 0.2) is 11.4 Å². The van der Waals surface area contributed by atoms with E-state index in [0.29, 0.717) is 11.3 Å². The highest BCUT2D eigenvalue weighted by Crippen LogP contribution is 2.22. The lowest BCUT2D eigenvalue weighted by atomic mass is 10.1. The summed E-state index contributed by atoms with van der Waals surface area (Å²) in [6, 6.07) is 6.55. The Bertz CT molecular complexity index is 668. The smallest absolute Gasteiger partial charge is 0.350 e. The first-order chi connectivity index (χ1) is 11.2. The van der Waals surface area contributed by atoms with Crippen LogP contribution in [0.3, 0.4) is 0 Å². The van der Waals surface area contributed by atoms with Gasteiger partial charge in [-0.15, -0.1) is 0 Å². The molecule has 1 aromatic carbocycles. The number of methoxy groups -OCH3 is 1. The van der Waals surface area contributed by atoms with E-state index >= 15 is 0 Å². The summed E-state index contributed by atoms with van der Waals surface area (Å²) < 4.78 is 15.0. The molecule has 0 bridgehead atoms. The number of cyclic esters (lactones) is 2. The van der Waals surface area contributed by atoms with E-state index in [1.165, 1.54) is 27.2 Å². The standard InChI is InChI=1S/C17H19NO6/c1-10(22-4)14(19)11-5-7-12(8-6-11)18-9-13-15(20)23-17(2,3)24-16(13)21/h5-10,18H,1-4H3. The van der Waals surface area contributed by atoms with Crippen LogP contribution in [0.2, 0.25) is 0 Å². The molecule has 0 radical (unpaired) electrons. The zero-order chi connectivity index (χ0) is 17.9. The van der Waals surface area contributed by atoms with Gasteiger partial charge in [-0.05, 0) is 31.2 Å². The molecule has 0 spiro atoms. The fourth-order valence-corrected chi connectivity index (χ4v) is 2.01. The van der Waals surface area contributed by atoms with Crippen molar-refractivity contribution >= 4 is 23.4 Å². The molecule has 1 heterocycles. The molecule has 1 saturated heterocycles. The Morgan fingerprint density at radius 2 is 1.71 bits per heavy atom. The van der Waals surface area contributed by atoms with Crippen molar-refractivity contribution in [1.82, 2.24) is 0 Å². The minimum Gasteiger partial charge on any atom is -0.419 e. The number of carbonyl (C=O) groups is 3. The number of ketones is 1. The normalized spacial score (nSPS) is 17.6. The molecule has 0 saturated carbocycles. The molecule has 0 amide bonds. The van der Waals surface area contributed by atoms with Gasteiger partial charge in [0.1, 0.15) is 6.10 Å². The molecule has 1 aliphatic rings. The summed E-state index contributed by atoms with van der Waals surface area (Å²) in [5.74, 6) is -2.93. The molecule has 7 nitrogen and oxygen atoms in total. The summed E-state index contributed by atoms with van der Waals surface area (Å²) in [4.78, 5) is 35.6. The van der Waals surface area contributed by atoms with Crippen molar-refractivity contribution in [2.24, 2.45) is 0 Å². The Morgan fingerprint density at radius 1 is 1.17 bits per heavy atom. The minimum atomic E-state index is -1.27. The van der Waals surface area contributed by atoms with E-state index in [2.05, 4.69) is 5.32 Å². The van der Waals surface area contributed by atoms with Crippen LogP contribution in [-0.4, -0.2) is 36.7 Å². The van der Waals surface area contributed by atoms with E-state index in [1.54, 1.807) is 31.2 Å². The van der Waals surface area contributed by atoms with Crippen LogP contribution in [0.15, 0.2) is 36.0 Å². The highest BCUT2D eigenvalue weighted by atomic mass is 16.7. The highest BCUT2D eigenvalue weighted by molar-refractivity contribution is 6.15. The molecular weight excluding hydrogens is 314 g/mol. The molecule has 1 unspecified atom stereocenters. The SMILES string of the molecule is COC(C)C(=O)c1ccc(NC=C2C(=O)OC(C)(C)OC2=O)cc1. The summed E-state index contributed by atoms with van der Waals surface area (Å²) >= 11 is 0. The molecule has 1 aliphatic heterocycles. The molecule has 0 aliphatic carbocycles. The van der Waals surface area contributed by atoms with Crippen LogP contribution in [0.4, 0.5) is 5.69 Å². The zero-order valence-electron chi connectivity index (χ0n) is 13.9. The fraction of sp³-hybridized carbons (Fsp3) is 0.353. The lowest BCUT2D eigenvalue weighted by Gasteiger charge is -2.29. The number of anilines is 1. The lowest BCUT2D eigenvalue weighted by Crippen LogP contribution is -2.42. The molecule has 24 heavy (non-hydrogen) atoms. The van der Waals surface area contributed by atoms with Gasteiger partial charge >= 0.3 is 11.9 Å². The van der Waals surface area contributed by atoms with Gasteiger partial charge in [0, 0.05) is 38.4 Å². The number of Topliss-reactive ketones (excluding diaryl/α,β-unsaturated/α-hetero) is 1. The highest BCUT2D eigenvalue weighted by Gasteiger charge is 2.38. The molecule has 0 aromatic heterocycles. The third-order valence-electron chi connectivity index (χ3n) is 3.39. The molecule has 1 aromatic rings. The topological polar surface area (TPSA) is 90.9 Å². The van der Waals surface area contributed by atoms with Gasteiger partial charge in [0.25, 0.3) is 5.79 Å². The molecule has 1 fully saturated rings. The van der Waals surface area contributed by atoms with Gasteiger partial charge in [0.2, 0.25) is 0 Å². The second-order valence-corrected chi connectivity index (χ2v) is 5.70. The quantitative estimate of drug-likeness (QED) is 0.381. The van der Waals surface area contributed by atoms with Crippen LogP contribution in [-0.2, 0) is 23.8 Å². The summed E-state index contributed by atoms with van der Waals surface area (Å²) in [6.45, 7) is 4.62. The molecular formula is C17H19NO6. The van der Waals surface area contributed by atoms with Crippen molar-refractivity contribution in [3.8, 4) is 0 Å². The van der Waals surface area contributed by atoms with E-state index in [9.17, 15) is 14.4 Å². The van der Waals surface area contributed by atoms with E-state index in [1.807, 2.05) is 0 Å². The van der Waals surface area contributed by atoms with Crippen molar-refractivity contribution in [2.75, 3.05) is 12.4 Å². The van der Waals surface area contributed by atoms with Crippen LogP contribution in [0, 0.1) is 0 Å². The number of hydrogen-bond acceptors (Lipinski definition) is 7. The monoisotopic (exact) mass is 333 g/mol. The Kier molecular flexibility index (Phi) is 5.04. The van der Waals surface area contributed by atoms with Gasteiger partial charge in [-0.3, -0.25) is 4.79 Å². The largest absolute Gasteiger partial charge is 0.419 e. The first-order valence-corrected chi connectivity index (χ1v) is 7.34. The fourth-order valence-electron chi connectivity index (χ4n) is 2.01. The van der Waals surface area contributed by atoms with Crippen LogP contribution >= 0.6 is 0 Å². The van der Waals surface area contributed by atoms with Gasteiger partial charge < -0.3 is 19.5 Å². The van der Waals surface area contributed by atoms with E-state index in [0.717, 1.165) is 0 Å². The number of hydrogen-bond donors (Lipinski definition) is 1. The van der Waals surface area contributed by atoms with Crippen LogP contribution in [0.1, 0.15) is 31.1 Å². The van der Waals surface area contributed by atoms with Gasteiger partial charge in [-0.2, -0.15) is 0 Å². The van der Waals surface area contributed by atoms with Crippen molar-refractivity contribution in [3.63, 3.8) is 0 Å². The second kappa shape index (κ2) is 6.84.